The van der Waals surface area contributed by atoms with E-state index in [4.69, 9.17) is 0 Å². The summed E-state index contributed by atoms with van der Waals surface area (Å²) >= 11 is 1.61. The Balaban J connectivity index is 1.80. The van der Waals surface area contributed by atoms with E-state index in [9.17, 15) is 9.59 Å². The second kappa shape index (κ2) is 7.57. The summed E-state index contributed by atoms with van der Waals surface area (Å²) in [5.41, 5.74) is 2.77. The molecule has 1 saturated heterocycles. The van der Waals surface area contributed by atoms with Crippen molar-refractivity contribution in [3.05, 3.63) is 66.2 Å². The SMILES string of the molecule is CC(=O)N(C)c1ccc(N2C(=O)CSC2/C=C/c2ccccc2)cc1. The Labute approximate surface area is 152 Å². The molecule has 2 aromatic carbocycles. The molecule has 0 N–H and O–H groups in total. The van der Waals surface area contributed by atoms with Crippen molar-refractivity contribution in [2.75, 3.05) is 22.6 Å². The van der Waals surface area contributed by atoms with Crippen molar-refractivity contribution < 1.29 is 9.59 Å². The predicted octanol–water partition coefficient (Wildman–Crippen LogP) is 3.79. The van der Waals surface area contributed by atoms with Crippen LogP contribution in [-0.4, -0.2) is 30.0 Å². The topological polar surface area (TPSA) is 40.6 Å². The maximum atomic E-state index is 12.3. The lowest BCUT2D eigenvalue weighted by Gasteiger charge is -2.23. The highest BCUT2D eigenvalue weighted by molar-refractivity contribution is 8.01. The number of hydrogen-bond acceptors (Lipinski definition) is 3. The van der Waals surface area contributed by atoms with Gasteiger partial charge in [0.25, 0.3) is 0 Å². The summed E-state index contributed by atoms with van der Waals surface area (Å²) in [4.78, 5) is 27.2. The highest BCUT2D eigenvalue weighted by atomic mass is 32.2. The van der Waals surface area contributed by atoms with Gasteiger partial charge >= 0.3 is 0 Å². The van der Waals surface area contributed by atoms with Crippen LogP contribution in [-0.2, 0) is 9.59 Å². The average molecular weight is 352 g/mol. The zero-order valence-electron chi connectivity index (χ0n) is 14.3. The van der Waals surface area contributed by atoms with Crippen LogP contribution in [0.25, 0.3) is 6.08 Å². The molecule has 0 aromatic heterocycles. The van der Waals surface area contributed by atoms with Gasteiger partial charge in [-0.05, 0) is 29.8 Å². The molecule has 2 aromatic rings. The number of benzene rings is 2. The molecule has 1 fully saturated rings. The van der Waals surface area contributed by atoms with Crippen LogP contribution < -0.4 is 9.80 Å². The Bertz CT molecular complexity index is 787. The number of nitrogens with zero attached hydrogens (tertiary/aromatic N) is 2. The summed E-state index contributed by atoms with van der Waals surface area (Å²) in [6.45, 7) is 1.53. The first kappa shape index (κ1) is 17.3. The number of hydrogen-bond donors (Lipinski definition) is 0. The van der Waals surface area contributed by atoms with Gasteiger partial charge in [0.05, 0.1) is 5.75 Å². The van der Waals surface area contributed by atoms with Gasteiger partial charge in [-0.1, -0.05) is 42.5 Å². The lowest BCUT2D eigenvalue weighted by Crippen LogP contribution is -2.31. The summed E-state index contributed by atoms with van der Waals surface area (Å²) < 4.78 is 0. The maximum Gasteiger partial charge on any atom is 0.238 e. The zero-order chi connectivity index (χ0) is 17.8. The van der Waals surface area contributed by atoms with Crippen LogP contribution in [0.5, 0.6) is 0 Å². The molecule has 3 rings (SSSR count). The largest absolute Gasteiger partial charge is 0.316 e. The molecule has 2 amide bonds. The van der Waals surface area contributed by atoms with Gasteiger partial charge < -0.3 is 4.90 Å². The number of thioether (sulfide) groups is 1. The smallest absolute Gasteiger partial charge is 0.238 e. The van der Waals surface area contributed by atoms with Gasteiger partial charge in [0.15, 0.2) is 0 Å². The summed E-state index contributed by atoms with van der Waals surface area (Å²) in [7, 11) is 1.74. The van der Waals surface area contributed by atoms with E-state index in [0.29, 0.717) is 5.75 Å². The van der Waals surface area contributed by atoms with Crippen molar-refractivity contribution in [2.24, 2.45) is 0 Å². The molecule has 1 aliphatic rings. The van der Waals surface area contributed by atoms with Crippen molar-refractivity contribution in [3.63, 3.8) is 0 Å². The minimum absolute atomic E-state index is 0.0239. The van der Waals surface area contributed by atoms with Crippen LogP contribution in [0, 0.1) is 0 Å². The summed E-state index contributed by atoms with van der Waals surface area (Å²) in [5.74, 6) is 0.545. The van der Waals surface area contributed by atoms with E-state index in [-0.39, 0.29) is 17.2 Å². The van der Waals surface area contributed by atoms with Gasteiger partial charge in [-0.2, -0.15) is 0 Å². The third-order valence-corrected chi connectivity index (χ3v) is 5.26. The van der Waals surface area contributed by atoms with Gasteiger partial charge in [-0.15, -0.1) is 11.8 Å². The molecule has 1 heterocycles. The predicted molar refractivity (Wildman–Crippen MR) is 105 cm³/mol. The van der Waals surface area contributed by atoms with Gasteiger partial charge in [-0.3, -0.25) is 14.5 Å². The second-order valence-corrected chi connectivity index (χ2v) is 6.93. The number of amides is 2. The van der Waals surface area contributed by atoms with Crippen molar-refractivity contribution in [1.29, 1.82) is 0 Å². The van der Waals surface area contributed by atoms with Crippen LogP contribution in [0.15, 0.2) is 60.7 Å². The van der Waals surface area contributed by atoms with E-state index in [2.05, 4.69) is 6.08 Å². The van der Waals surface area contributed by atoms with Crippen LogP contribution >= 0.6 is 11.8 Å². The number of rotatable bonds is 4. The van der Waals surface area contributed by atoms with Crippen LogP contribution in [0.1, 0.15) is 12.5 Å². The normalized spacial score (nSPS) is 17.3. The maximum absolute atomic E-state index is 12.3. The Morgan fingerprint density at radius 3 is 2.48 bits per heavy atom. The average Bonchev–Trinajstić information content (AvgIpc) is 3.01. The fourth-order valence-corrected chi connectivity index (χ4v) is 3.68. The molecule has 0 aliphatic carbocycles. The second-order valence-electron chi connectivity index (χ2n) is 5.83. The first-order valence-electron chi connectivity index (χ1n) is 8.07. The van der Waals surface area contributed by atoms with E-state index in [1.165, 1.54) is 6.92 Å². The highest BCUT2D eigenvalue weighted by Gasteiger charge is 2.31. The Morgan fingerprint density at radius 2 is 1.84 bits per heavy atom. The number of carbonyl (C=O) groups is 2. The molecule has 128 valence electrons. The Kier molecular flexibility index (Phi) is 5.24. The van der Waals surface area contributed by atoms with Crippen molar-refractivity contribution in [2.45, 2.75) is 12.3 Å². The van der Waals surface area contributed by atoms with E-state index in [0.717, 1.165) is 16.9 Å². The summed E-state index contributed by atoms with van der Waals surface area (Å²) in [5, 5.41) is -0.0240. The van der Waals surface area contributed by atoms with Gasteiger partial charge in [0.2, 0.25) is 11.8 Å². The summed E-state index contributed by atoms with van der Waals surface area (Å²) in [6, 6.07) is 17.6. The molecular weight excluding hydrogens is 332 g/mol. The van der Waals surface area contributed by atoms with E-state index in [1.54, 1.807) is 23.7 Å². The third kappa shape index (κ3) is 3.94. The van der Waals surface area contributed by atoms with E-state index >= 15 is 0 Å². The highest BCUT2D eigenvalue weighted by Crippen LogP contribution is 2.32. The van der Waals surface area contributed by atoms with Crippen LogP contribution in [0.2, 0.25) is 0 Å². The molecule has 0 spiro atoms. The van der Waals surface area contributed by atoms with Crippen molar-refractivity contribution in [3.8, 4) is 0 Å². The Morgan fingerprint density at radius 1 is 1.16 bits per heavy atom. The molecule has 1 aliphatic heterocycles. The molecule has 4 nitrogen and oxygen atoms in total. The lowest BCUT2D eigenvalue weighted by atomic mass is 10.2. The molecular formula is C20H20N2O2S. The van der Waals surface area contributed by atoms with Crippen LogP contribution in [0.4, 0.5) is 11.4 Å². The van der Waals surface area contributed by atoms with Gasteiger partial charge in [0, 0.05) is 25.3 Å². The first-order valence-corrected chi connectivity index (χ1v) is 9.12. The Hall–Kier alpha value is -2.53. The quantitative estimate of drug-likeness (QED) is 0.841. The van der Waals surface area contributed by atoms with Crippen LogP contribution in [0.3, 0.4) is 0 Å². The fraction of sp³-hybridized carbons (Fsp3) is 0.200. The first-order chi connectivity index (χ1) is 12.1. The van der Waals surface area contributed by atoms with Gasteiger partial charge in [0.1, 0.15) is 5.37 Å². The van der Waals surface area contributed by atoms with E-state index < -0.39 is 0 Å². The monoisotopic (exact) mass is 352 g/mol. The van der Waals surface area contributed by atoms with E-state index in [1.807, 2.05) is 65.6 Å². The lowest BCUT2D eigenvalue weighted by molar-refractivity contribution is -0.116. The molecule has 5 heteroatoms. The molecule has 0 radical (unpaired) electrons. The van der Waals surface area contributed by atoms with Crippen molar-refractivity contribution >= 4 is 41.0 Å². The molecule has 0 bridgehead atoms. The standard InChI is InChI=1S/C20H20N2O2S/c1-15(23)21(2)17-9-11-18(12-10-17)22-19(24)14-25-20(22)13-8-16-6-4-3-5-7-16/h3-13,20H,14H2,1-2H3/b13-8+. The third-order valence-electron chi connectivity index (χ3n) is 4.14. The minimum Gasteiger partial charge on any atom is -0.316 e. The molecule has 1 unspecified atom stereocenters. The zero-order valence-corrected chi connectivity index (χ0v) is 15.1. The molecule has 0 saturated carbocycles. The van der Waals surface area contributed by atoms with Crippen molar-refractivity contribution in [1.82, 2.24) is 0 Å². The fourth-order valence-electron chi connectivity index (χ4n) is 2.65. The molecule has 1 atom stereocenters. The summed E-state index contributed by atoms with van der Waals surface area (Å²) in [6.07, 6.45) is 4.10. The van der Waals surface area contributed by atoms with Gasteiger partial charge in [-0.25, -0.2) is 0 Å². The number of anilines is 2. The number of carbonyl (C=O) groups excluding carboxylic acids is 2. The molecule has 25 heavy (non-hydrogen) atoms. The minimum atomic E-state index is -0.0240.